The zero-order valence-electron chi connectivity index (χ0n) is 13.7. The Hall–Kier alpha value is -1.10. The van der Waals surface area contributed by atoms with Crippen molar-refractivity contribution in [2.75, 3.05) is 39.8 Å². The number of carbonyl (C=O) groups excluding carboxylic acids is 2. The van der Waals surface area contributed by atoms with E-state index in [1.54, 1.807) is 0 Å². The molecule has 0 bridgehead atoms. The van der Waals surface area contributed by atoms with E-state index in [-0.39, 0.29) is 23.7 Å². The van der Waals surface area contributed by atoms with Gasteiger partial charge in [-0.25, -0.2) is 0 Å². The van der Waals surface area contributed by atoms with Crippen LogP contribution in [-0.4, -0.2) is 61.5 Å². The quantitative estimate of drug-likeness (QED) is 0.735. The number of methoxy groups -OCH3 is 1. The standard InChI is InChI=1S/C16H28N2O3/c1-16(2,3)5-6-17-7-9-18(10-8-17)14(19)12-11-13(12)15(20)21-4/h12-13H,5-11H2,1-4H3. The molecule has 0 aromatic rings. The summed E-state index contributed by atoms with van der Waals surface area (Å²) in [5.41, 5.74) is 0.356. The Kier molecular flexibility index (Phi) is 4.91. The van der Waals surface area contributed by atoms with Gasteiger partial charge in [0.1, 0.15) is 0 Å². The lowest BCUT2D eigenvalue weighted by Gasteiger charge is -2.36. The van der Waals surface area contributed by atoms with Gasteiger partial charge in [-0.1, -0.05) is 20.8 Å². The summed E-state index contributed by atoms with van der Waals surface area (Å²) in [6, 6.07) is 0. The van der Waals surface area contributed by atoms with E-state index in [0.717, 1.165) is 32.7 Å². The van der Waals surface area contributed by atoms with Gasteiger partial charge in [0.15, 0.2) is 0 Å². The van der Waals surface area contributed by atoms with Crippen LogP contribution in [0.5, 0.6) is 0 Å². The molecule has 2 unspecified atom stereocenters. The third-order valence-electron chi connectivity index (χ3n) is 4.47. The van der Waals surface area contributed by atoms with Gasteiger partial charge in [-0.3, -0.25) is 14.5 Å². The van der Waals surface area contributed by atoms with Gasteiger partial charge in [0.05, 0.1) is 18.9 Å². The Bertz CT molecular complexity index is 395. The fraction of sp³-hybridized carbons (Fsp3) is 0.875. The molecule has 1 aliphatic heterocycles. The molecule has 5 heteroatoms. The minimum atomic E-state index is -0.239. The smallest absolute Gasteiger partial charge is 0.309 e. The molecule has 2 aliphatic rings. The van der Waals surface area contributed by atoms with Crippen molar-refractivity contribution in [1.29, 1.82) is 0 Å². The van der Waals surface area contributed by atoms with E-state index >= 15 is 0 Å². The van der Waals surface area contributed by atoms with Crippen LogP contribution < -0.4 is 0 Å². The van der Waals surface area contributed by atoms with Gasteiger partial charge >= 0.3 is 5.97 Å². The predicted octanol–water partition coefficient (Wildman–Crippen LogP) is 1.38. The summed E-state index contributed by atoms with van der Waals surface area (Å²) in [5.74, 6) is -0.418. The lowest BCUT2D eigenvalue weighted by molar-refractivity contribution is -0.145. The van der Waals surface area contributed by atoms with Gasteiger partial charge < -0.3 is 9.64 Å². The Morgan fingerprint density at radius 3 is 2.24 bits per heavy atom. The zero-order chi connectivity index (χ0) is 15.6. The van der Waals surface area contributed by atoms with Crippen molar-refractivity contribution in [3.63, 3.8) is 0 Å². The highest BCUT2D eigenvalue weighted by Gasteiger charge is 2.50. The summed E-state index contributed by atoms with van der Waals surface area (Å²) < 4.78 is 4.70. The maximum Gasteiger partial charge on any atom is 0.309 e. The summed E-state index contributed by atoms with van der Waals surface area (Å²) in [5, 5.41) is 0. The van der Waals surface area contributed by atoms with Gasteiger partial charge in [-0.05, 0) is 24.8 Å². The number of nitrogens with zero attached hydrogens (tertiary/aromatic N) is 2. The number of hydrogen-bond donors (Lipinski definition) is 0. The van der Waals surface area contributed by atoms with E-state index in [9.17, 15) is 9.59 Å². The maximum atomic E-state index is 12.3. The zero-order valence-corrected chi connectivity index (χ0v) is 13.7. The molecule has 0 radical (unpaired) electrons. The average Bonchev–Trinajstić information content (AvgIpc) is 3.23. The van der Waals surface area contributed by atoms with Crippen LogP contribution in [0.2, 0.25) is 0 Å². The number of rotatable bonds is 4. The van der Waals surface area contributed by atoms with Crippen LogP contribution in [0, 0.1) is 17.3 Å². The van der Waals surface area contributed by atoms with E-state index in [0.29, 0.717) is 11.8 Å². The van der Waals surface area contributed by atoms with Gasteiger partial charge in [-0.2, -0.15) is 0 Å². The van der Waals surface area contributed by atoms with Crippen LogP contribution in [0.3, 0.4) is 0 Å². The first kappa shape index (κ1) is 16.3. The SMILES string of the molecule is COC(=O)C1CC1C(=O)N1CCN(CCC(C)(C)C)CC1. The number of piperazine rings is 1. The van der Waals surface area contributed by atoms with Crippen LogP contribution in [0.1, 0.15) is 33.6 Å². The van der Waals surface area contributed by atoms with Crippen molar-refractivity contribution in [2.24, 2.45) is 17.3 Å². The third-order valence-corrected chi connectivity index (χ3v) is 4.47. The van der Waals surface area contributed by atoms with Crippen molar-refractivity contribution >= 4 is 11.9 Å². The van der Waals surface area contributed by atoms with Crippen LogP contribution in [0.4, 0.5) is 0 Å². The first-order valence-electron chi connectivity index (χ1n) is 7.91. The normalized spacial score (nSPS) is 26.6. The third kappa shape index (κ3) is 4.43. The fourth-order valence-corrected chi connectivity index (χ4v) is 2.80. The summed E-state index contributed by atoms with van der Waals surface area (Å²) in [7, 11) is 1.39. The first-order chi connectivity index (χ1) is 9.81. The molecule has 1 heterocycles. The van der Waals surface area contributed by atoms with Crippen molar-refractivity contribution in [3.05, 3.63) is 0 Å². The molecule has 2 rings (SSSR count). The largest absolute Gasteiger partial charge is 0.469 e. The minimum Gasteiger partial charge on any atom is -0.469 e. The summed E-state index contributed by atoms with van der Waals surface area (Å²) in [6.07, 6.45) is 1.84. The van der Waals surface area contributed by atoms with E-state index in [4.69, 9.17) is 4.74 Å². The van der Waals surface area contributed by atoms with Crippen molar-refractivity contribution in [2.45, 2.75) is 33.6 Å². The molecule has 1 saturated carbocycles. The monoisotopic (exact) mass is 296 g/mol. The van der Waals surface area contributed by atoms with E-state index < -0.39 is 0 Å². The molecular weight excluding hydrogens is 268 g/mol. The Morgan fingerprint density at radius 2 is 1.71 bits per heavy atom. The van der Waals surface area contributed by atoms with E-state index in [1.807, 2.05) is 4.90 Å². The second-order valence-electron chi connectivity index (χ2n) is 7.45. The molecule has 0 spiro atoms. The highest BCUT2D eigenvalue weighted by Crippen LogP contribution is 2.41. The second-order valence-corrected chi connectivity index (χ2v) is 7.45. The van der Waals surface area contributed by atoms with E-state index in [2.05, 4.69) is 25.7 Å². The first-order valence-corrected chi connectivity index (χ1v) is 7.91. The molecule has 0 aromatic heterocycles. The van der Waals surface area contributed by atoms with Crippen molar-refractivity contribution in [1.82, 2.24) is 9.80 Å². The molecule has 1 aliphatic carbocycles. The number of carbonyl (C=O) groups is 2. The van der Waals surface area contributed by atoms with Crippen LogP contribution in [0.25, 0.3) is 0 Å². The highest BCUT2D eigenvalue weighted by molar-refractivity contribution is 5.90. The molecule has 1 amide bonds. The number of amides is 1. The van der Waals surface area contributed by atoms with Crippen LogP contribution in [0.15, 0.2) is 0 Å². The van der Waals surface area contributed by atoms with E-state index in [1.165, 1.54) is 13.5 Å². The van der Waals surface area contributed by atoms with Gasteiger partial charge in [0.2, 0.25) is 5.91 Å². The van der Waals surface area contributed by atoms with Gasteiger partial charge in [-0.15, -0.1) is 0 Å². The van der Waals surface area contributed by atoms with Crippen LogP contribution in [-0.2, 0) is 14.3 Å². The van der Waals surface area contributed by atoms with Crippen LogP contribution >= 0.6 is 0 Å². The Balaban J connectivity index is 1.72. The van der Waals surface area contributed by atoms with Crippen molar-refractivity contribution in [3.8, 4) is 0 Å². The van der Waals surface area contributed by atoms with Gasteiger partial charge in [0.25, 0.3) is 0 Å². The molecule has 120 valence electrons. The topological polar surface area (TPSA) is 49.9 Å². The number of esters is 1. The molecule has 21 heavy (non-hydrogen) atoms. The molecular formula is C16H28N2O3. The summed E-state index contributed by atoms with van der Waals surface area (Å²) in [4.78, 5) is 28.1. The predicted molar refractivity (Wildman–Crippen MR) is 80.7 cm³/mol. The molecule has 0 aromatic carbocycles. The number of hydrogen-bond acceptors (Lipinski definition) is 4. The van der Waals surface area contributed by atoms with Crippen molar-refractivity contribution < 1.29 is 14.3 Å². The molecule has 5 nitrogen and oxygen atoms in total. The van der Waals surface area contributed by atoms with Gasteiger partial charge in [0, 0.05) is 26.2 Å². The molecule has 2 fully saturated rings. The average molecular weight is 296 g/mol. The number of ether oxygens (including phenoxy) is 1. The molecule has 1 saturated heterocycles. The lowest BCUT2D eigenvalue weighted by Crippen LogP contribution is -2.49. The fourth-order valence-electron chi connectivity index (χ4n) is 2.80. The Morgan fingerprint density at radius 1 is 1.10 bits per heavy atom. The summed E-state index contributed by atoms with van der Waals surface area (Å²) >= 11 is 0. The lowest BCUT2D eigenvalue weighted by atomic mass is 9.92. The Labute approximate surface area is 127 Å². The molecule has 2 atom stereocenters. The second kappa shape index (κ2) is 6.34. The molecule has 0 N–H and O–H groups in total. The maximum absolute atomic E-state index is 12.3. The highest BCUT2D eigenvalue weighted by atomic mass is 16.5. The summed E-state index contributed by atoms with van der Waals surface area (Å²) in [6.45, 7) is 11.3. The minimum absolute atomic E-state index is 0.126.